The molecular weight excluding hydrogens is 392 g/mol. The number of aromatic nitrogens is 2. The quantitative estimate of drug-likeness (QED) is 0.467. The van der Waals surface area contributed by atoms with Crippen molar-refractivity contribution in [1.29, 1.82) is 0 Å². The number of likely N-dealkylation sites (tertiary alicyclic amines) is 1. The zero-order valence-corrected chi connectivity index (χ0v) is 17.5. The molecule has 0 saturated carbocycles. The maximum atomic E-state index is 12.3. The van der Waals surface area contributed by atoms with Crippen LogP contribution in [0.4, 0.5) is 5.13 Å². The van der Waals surface area contributed by atoms with Gasteiger partial charge in [-0.1, -0.05) is 36.4 Å². The minimum atomic E-state index is -0.115. The third kappa shape index (κ3) is 4.01. The molecule has 6 heteroatoms. The highest BCUT2D eigenvalue weighted by molar-refractivity contribution is 7.14. The lowest BCUT2D eigenvalue weighted by Gasteiger charge is -2.31. The maximum absolute atomic E-state index is 12.3. The van der Waals surface area contributed by atoms with E-state index in [4.69, 9.17) is 0 Å². The van der Waals surface area contributed by atoms with Gasteiger partial charge in [-0.3, -0.25) is 15.0 Å². The second-order valence-electron chi connectivity index (χ2n) is 7.80. The molecule has 5 nitrogen and oxygen atoms in total. The molecule has 2 aromatic carbocycles. The Morgan fingerprint density at radius 3 is 2.70 bits per heavy atom. The molecule has 1 fully saturated rings. The number of nitrogens with one attached hydrogen (secondary N) is 2. The van der Waals surface area contributed by atoms with Crippen LogP contribution in [-0.2, 0) is 6.54 Å². The Morgan fingerprint density at radius 1 is 1.10 bits per heavy atom. The minimum Gasteiger partial charge on any atom is -0.361 e. The molecule has 30 heavy (non-hydrogen) atoms. The predicted molar refractivity (Wildman–Crippen MR) is 122 cm³/mol. The summed E-state index contributed by atoms with van der Waals surface area (Å²) in [5, 5.41) is 6.97. The molecule has 1 aliphatic heterocycles. The number of para-hydroxylation sites is 1. The molecule has 3 heterocycles. The highest BCUT2D eigenvalue weighted by atomic mass is 32.1. The van der Waals surface area contributed by atoms with Gasteiger partial charge in [-0.15, -0.1) is 11.3 Å². The van der Waals surface area contributed by atoms with Gasteiger partial charge in [0.1, 0.15) is 0 Å². The topological polar surface area (TPSA) is 61.0 Å². The number of carbonyl (C=O) groups is 1. The van der Waals surface area contributed by atoms with Crippen molar-refractivity contribution in [3.63, 3.8) is 0 Å². The number of hydrogen-bond acceptors (Lipinski definition) is 4. The molecule has 1 aliphatic rings. The standard InChI is InChI=1S/C24H24N4OS/c29-23(18-6-2-1-3-7-18)27-24-26-19(16-30-24)15-28-12-10-17(11-13-28)21-14-25-22-9-5-4-8-20(21)22/h1-9,14,16-17,25H,10-13,15H2,(H,26,27,29). The van der Waals surface area contributed by atoms with Gasteiger partial charge in [-0.25, -0.2) is 4.98 Å². The van der Waals surface area contributed by atoms with Gasteiger partial charge in [0, 0.05) is 34.6 Å². The summed E-state index contributed by atoms with van der Waals surface area (Å²) in [6, 6.07) is 17.8. The number of nitrogens with zero attached hydrogens (tertiary/aromatic N) is 2. The summed E-state index contributed by atoms with van der Waals surface area (Å²) in [5.74, 6) is 0.490. The van der Waals surface area contributed by atoms with Crippen LogP contribution >= 0.6 is 11.3 Å². The molecule has 152 valence electrons. The van der Waals surface area contributed by atoms with Crippen molar-refractivity contribution in [1.82, 2.24) is 14.9 Å². The van der Waals surface area contributed by atoms with Crippen molar-refractivity contribution >= 4 is 33.3 Å². The average Bonchev–Trinajstić information content (AvgIpc) is 3.42. The molecule has 0 aliphatic carbocycles. The Bertz CT molecular complexity index is 1140. The van der Waals surface area contributed by atoms with Crippen LogP contribution in [0.5, 0.6) is 0 Å². The minimum absolute atomic E-state index is 0.115. The number of H-pyrrole nitrogens is 1. The fourth-order valence-corrected chi connectivity index (χ4v) is 4.96. The van der Waals surface area contributed by atoms with Crippen molar-refractivity contribution < 1.29 is 4.79 Å². The van der Waals surface area contributed by atoms with E-state index in [0.29, 0.717) is 16.6 Å². The number of thiazole rings is 1. The maximum Gasteiger partial charge on any atom is 0.257 e. The molecule has 2 aromatic heterocycles. The van der Waals surface area contributed by atoms with Crippen LogP contribution in [0.15, 0.2) is 66.2 Å². The van der Waals surface area contributed by atoms with Gasteiger partial charge >= 0.3 is 0 Å². The van der Waals surface area contributed by atoms with Crippen LogP contribution in [0.2, 0.25) is 0 Å². The lowest BCUT2D eigenvalue weighted by atomic mass is 9.89. The number of piperidine rings is 1. The van der Waals surface area contributed by atoms with Crippen LogP contribution in [0, 0.1) is 0 Å². The molecule has 2 N–H and O–H groups in total. The molecule has 0 atom stereocenters. The second-order valence-corrected chi connectivity index (χ2v) is 8.66. The van der Waals surface area contributed by atoms with E-state index in [0.717, 1.165) is 38.2 Å². The number of fused-ring (bicyclic) bond motifs is 1. The van der Waals surface area contributed by atoms with E-state index in [2.05, 4.69) is 50.6 Å². The fourth-order valence-electron chi connectivity index (χ4n) is 4.26. The monoisotopic (exact) mass is 416 g/mol. The smallest absolute Gasteiger partial charge is 0.257 e. The van der Waals surface area contributed by atoms with E-state index in [1.165, 1.54) is 27.8 Å². The largest absolute Gasteiger partial charge is 0.361 e. The van der Waals surface area contributed by atoms with E-state index < -0.39 is 0 Å². The van der Waals surface area contributed by atoms with Crippen molar-refractivity contribution in [2.75, 3.05) is 18.4 Å². The predicted octanol–water partition coefficient (Wildman–Crippen LogP) is 5.26. The molecule has 5 rings (SSSR count). The summed E-state index contributed by atoms with van der Waals surface area (Å²) >= 11 is 1.49. The number of rotatable bonds is 5. The number of anilines is 1. The summed E-state index contributed by atoms with van der Waals surface area (Å²) in [6.45, 7) is 2.96. The number of hydrogen-bond donors (Lipinski definition) is 2. The van der Waals surface area contributed by atoms with E-state index in [-0.39, 0.29) is 5.91 Å². The first-order valence-corrected chi connectivity index (χ1v) is 11.2. The summed E-state index contributed by atoms with van der Waals surface area (Å²) in [4.78, 5) is 22.8. The van der Waals surface area contributed by atoms with Gasteiger partial charge in [-0.05, 0) is 55.6 Å². The Morgan fingerprint density at radius 2 is 1.87 bits per heavy atom. The highest BCUT2D eigenvalue weighted by Gasteiger charge is 2.23. The van der Waals surface area contributed by atoms with Crippen molar-refractivity contribution in [3.8, 4) is 0 Å². The van der Waals surface area contributed by atoms with Crippen molar-refractivity contribution in [2.45, 2.75) is 25.3 Å². The number of benzene rings is 2. The Labute approximate surface area is 179 Å². The third-order valence-electron chi connectivity index (χ3n) is 5.84. The van der Waals surface area contributed by atoms with Gasteiger partial charge < -0.3 is 4.98 Å². The summed E-state index contributed by atoms with van der Waals surface area (Å²) in [7, 11) is 0. The van der Waals surface area contributed by atoms with Gasteiger partial charge in [0.2, 0.25) is 0 Å². The second kappa shape index (κ2) is 8.42. The molecular formula is C24H24N4OS. The van der Waals surface area contributed by atoms with Crippen molar-refractivity contribution in [3.05, 3.63) is 83.0 Å². The first-order valence-electron chi connectivity index (χ1n) is 10.4. The zero-order chi connectivity index (χ0) is 20.3. The lowest BCUT2D eigenvalue weighted by Crippen LogP contribution is -2.32. The summed E-state index contributed by atoms with van der Waals surface area (Å²) in [5.41, 5.74) is 4.34. The first kappa shape index (κ1) is 19.0. The third-order valence-corrected chi connectivity index (χ3v) is 6.65. The Balaban J connectivity index is 1.17. The summed E-state index contributed by atoms with van der Waals surface area (Å²) in [6.07, 6.45) is 4.50. The number of amides is 1. The Hall–Kier alpha value is -2.96. The van der Waals surface area contributed by atoms with Gasteiger partial charge in [-0.2, -0.15) is 0 Å². The van der Waals surface area contributed by atoms with Gasteiger partial charge in [0.15, 0.2) is 5.13 Å². The van der Waals surface area contributed by atoms with Crippen molar-refractivity contribution in [2.24, 2.45) is 0 Å². The Kier molecular flexibility index (Phi) is 5.34. The molecule has 4 aromatic rings. The van der Waals surface area contributed by atoms with Gasteiger partial charge in [0.25, 0.3) is 5.91 Å². The zero-order valence-electron chi connectivity index (χ0n) is 16.7. The van der Waals surface area contributed by atoms with E-state index in [1.807, 2.05) is 35.7 Å². The number of carbonyl (C=O) groups excluding carboxylic acids is 1. The van der Waals surface area contributed by atoms with E-state index in [9.17, 15) is 4.79 Å². The molecule has 0 spiro atoms. The summed E-state index contributed by atoms with van der Waals surface area (Å²) < 4.78 is 0. The van der Waals surface area contributed by atoms with E-state index in [1.54, 1.807) is 0 Å². The van der Waals surface area contributed by atoms with Crippen LogP contribution in [-0.4, -0.2) is 33.9 Å². The molecule has 1 saturated heterocycles. The molecule has 1 amide bonds. The fraction of sp³-hybridized carbons (Fsp3) is 0.250. The average molecular weight is 417 g/mol. The van der Waals surface area contributed by atoms with Crippen LogP contribution in [0.3, 0.4) is 0 Å². The normalized spacial score (nSPS) is 15.5. The highest BCUT2D eigenvalue weighted by Crippen LogP contribution is 2.33. The van der Waals surface area contributed by atoms with Crippen LogP contribution in [0.1, 0.15) is 40.4 Å². The SMILES string of the molecule is O=C(Nc1nc(CN2CCC(c3c[nH]c4ccccc34)CC2)cs1)c1ccccc1. The lowest BCUT2D eigenvalue weighted by molar-refractivity contribution is 0.102. The molecule has 0 radical (unpaired) electrons. The van der Waals surface area contributed by atoms with E-state index >= 15 is 0 Å². The van der Waals surface area contributed by atoms with Crippen LogP contribution in [0.25, 0.3) is 10.9 Å². The molecule has 0 bridgehead atoms. The van der Waals surface area contributed by atoms with Gasteiger partial charge in [0.05, 0.1) is 5.69 Å². The number of aromatic amines is 1. The first-order chi connectivity index (χ1) is 14.8. The van der Waals surface area contributed by atoms with Crippen LogP contribution < -0.4 is 5.32 Å². The molecule has 0 unspecified atom stereocenters.